The van der Waals surface area contributed by atoms with Crippen LogP contribution in [0.5, 0.6) is 11.5 Å². The first-order chi connectivity index (χ1) is 15.1. The molecule has 168 valence electrons. The van der Waals surface area contributed by atoms with Gasteiger partial charge in [0.1, 0.15) is 40.9 Å². The number of halogens is 2. The molecule has 7 nitrogen and oxygen atoms in total. The van der Waals surface area contributed by atoms with Gasteiger partial charge in [-0.1, -0.05) is 29.3 Å². The summed E-state index contributed by atoms with van der Waals surface area (Å²) in [6, 6.07) is 7.24. The number of aromatic hydroxyl groups is 2. The molecule has 1 unspecified atom stereocenters. The quantitative estimate of drug-likeness (QED) is 0.378. The summed E-state index contributed by atoms with van der Waals surface area (Å²) in [6.07, 6.45) is 2.39. The van der Waals surface area contributed by atoms with Crippen molar-refractivity contribution < 1.29 is 24.4 Å². The smallest absolute Gasteiger partial charge is 0.197 e. The number of quaternary nitrogens is 1. The van der Waals surface area contributed by atoms with E-state index in [4.69, 9.17) is 27.6 Å². The van der Waals surface area contributed by atoms with Crippen molar-refractivity contribution in [1.82, 2.24) is 0 Å². The number of phenolic OH excluding ortho intramolecular Hbond substituents is 2. The summed E-state index contributed by atoms with van der Waals surface area (Å²) in [7, 11) is 1.47. The fourth-order valence-corrected chi connectivity index (χ4v) is 4.62. The lowest BCUT2D eigenvalue weighted by Gasteiger charge is -2.46. The van der Waals surface area contributed by atoms with E-state index in [1.807, 2.05) is 0 Å². The standard InChI is InChI=1S/C23H21Cl2NO6/c1-26(31)7-6-15(20(30)11-26)21-18(28)10-19(29)22-17(27)9-14(32-23(21)22)5-3-12-2-4-13(24)8-16(12)25/h2-5,8-10,15,20,28-30H,6-7,11H2,1H3/b5-3+/t15-,20+,26?/m0/s1. The Bertz CT molecular complexity index is 1280. The summed E-state index contributed by atoms with van der Waals surface area (Å²) in [5, 5.41) is 44.5. The number of hydrogen-bond donors (Lipinski definition) is 3. The van der Waals surface area contributed by atoms with Crippen molar-refractivity contribution in [2.45, 2.75) is 18.4 Å². The van der Waals surface area contributed by atoms with Crippen molar-refractivity contribution in [3.05, 3.63) is 72.7 Å². The molecule has 0 spiro atoms. The van der Waals surface area contributed by atoms with Gasteiger partial charge in [0.15, 0.2) is 5.43 Å². The number of aliphatic hydroxyl groups excluding tert-OH is 1. The van der Waals surface area contributed by atoms with Crippen molar-refractivity contribution in [3.8, 4) is 11.5 Å². The van der Waals surface area contributed by atoms with Gasteiger partial charge in [-0.25, -0.2) is 0 Å². The van der Waals surface area contributed by atoms with E-state index < -0.39 is 27.8 Å². The predicted molar refractivity (Wildman–Crippen MR) is 124 cm³/mol. The predicted octanol–water partition coefficient (Wildman–Crippen LogP) is 4.47. The molecule has 1 aliphatic heterocycles. The molecule has 0 aliphatic carbocycles. The Morgan fingerprint density at radius 2 is 1.91 bits per heavy atom. The third-order valence-corrected chi connectivity index (χ3v) is 6.29. The lowest BCUT2D eigenvalue weighted by atomic mass is 9.85. The Morgan fingerprint density at radius 3 is 2.59 bits per heavy atom. The molecule has 9 heteroatoms. The number of phenols is 2. The molecule has 3 aromatic rings. The summed E-state index contributed by atoms with van der Waals surface area (Å²) < 4.78 is 5.30. The number of fused-ring (bicyclic) bond motifs is 1. The number of aliphatic hydroxyl groups is 1. The van der Waals surface area contributed by atoms with E-state index in [1.165, 1.54) is 19.2 Å². The summed E-state index contributed by atoms with van der Waals surface area (Å²) >= 11 is 12.1. The van der Waals surface area contributed by atoms with Gasteiger partial charge in [-0.15, -0.1) is 0 Å². The normalized spacial score (nSPS) is 23.8. The molecule has 0 radical (unpaired) electrons. The Balaban J connectivity index is 1.84. The largest absolute Gasteiger partial charge is 0.633 e. The van der Waals surface area contributed by atoms with Gasteiger partial charge in [0, 0.05) is 40.1 Å². The number of likely N-dealkylation sites (tertiary alicyclic amines) is 1. The second-order valence-electron chi connectivity index (χ2n) is 8.21. The Hall–Kier alpha value is -2.55. The molecule has 1 saturated heterocycles. The molecular weight excluding hydrogens is 457 g/mol. The Morgan fingerprint density at radius 1 is 1.16 bits per heavy atom. The average molecular weight is 478 g/mol. The SMILES string of the molecule is C[N+]1([O-])CC[C@H](c2c(O)cc(O)c3c(=O)cc(/C=C/c4ccc(Cl)cc4Cl)oc23)[C@H](O)C1. The number of rotatable bonds is 3. The summed E-state index contributed by atoms with van der Waals surface area (Å²) in [4.78, 5) is 12.8. The Labute approximate surface area is 193 Å². The zero-order valence-electron chi connectivity index (χ0n) is 17.1. The van der Waals surface area contributed by atoms with Crippen LogP contribution in [0.4, 0.5) is 0 Å². The number of likely N-dealkylation sites (N-methyl/N-ethyl adjacent to an activating group) is 1. The molecule has 2 aromatic carbocycles. The molecular formula is C23H21Cl2NO6. The monoisotopic (exact) mass is 477 g/mol. The molecule has 3 N–H and O–H groups in total. The van der Waals surface area contributed by atoms with E-state index in [0.29, 0.717) is 15.6 Å². The first-order valence-electron chi connectivity index (χ1n) is 9.95. The third-order valence-electron chi connectivity index (χ3n) is 5.73. The van der Waals surface area contributed by atoms with E-state index >= 15 is 0 Å². The highest BCUT2D eigenvalue weighted by Gasteiger charge is 2.37. The van der Waals surface area contributed by atoms with Crippen molar-refractivity contribution >= 4 is 46.3 Å². The van der Waals surface area contributed by atoms with Crippen LogP contribution in [0.25, 0.3) is 23.1 Å². The number of hydroxylamine groups is 3. The van der Waals surface area contributed by atoms with Gasteiger partial charge >= 0.3 is 0 Å². The van der Waals surface area contributed by atoms with Gasteiger partial charge in [-0.3, -0.25) is 4.79 Å². The topological polar surface area (TPSA) is 114 Å². The number of nitrogens with zero attached hydrogens (tertiary/aromatic N) is 1. The van der Waals surface area contributed by atoms with Gasteiger partial charge in [0.25, 0.3) is 0 Å². The first-order valence-corrected chi connectivity index (χ1v) is 10.7. The number of piperidine rings is 1. The summed E-state index contributed by atoms with van der Waals surface area (Å²) in [5.74, 6) is -1.21. The van der Waals surface area contributed by atoms with E-state index in [0.717, 1.165) is 6.07 Å². The second-order valence-corrected chi connectivity index (χ2v) is 9.05. The molecule has 1 aliphatic rings. The van der Waals surface area contributed by atoms with Crippen LogP contribution in [0.1, 0.15) is 29.2 Å². The van der Waals surface area contributed by atoms with E-state index in [1.54, 1.807) is 24.3 Å². The molecule has 0 bridgehead atoms. The minimum atomic E-state index is -1.05. The van der Waals surface area contributed by atoms with Crippen LogP contribution in [-0.4, -0.2) is 46.2 Å². The molecule has 3 atom stereocenters. The van der Waals surface area contributed by atoms with Crippen LogP contribution in [0.15, 0.2) is 39.5 Å². The van der Waals surface area contributed by atoms with Crippen molar-refractivity contribution in [2.24, 2.45) is 0 Å². The van der Waals surface area contributed by atoms with Crippen molar-refractivity contribution in [3.63, 3.8) is 0 Å². The molecule has 32 heavy (non-hydrogen) atoms. The van der Waals surface area contributed by atoms with Gasteiger partial charge in [0.05, 0.1) is 13.6 Å². The van der Waals surface area contributed by atoms with Crippen LogP contribution in [0, 0.1) is 5.21 Å². The molecule has 0 saturated carbocycles. The lowest BCUT2D eigenvalue weighted by Crippen LogP contribution is -2.51. The molecule has 1 fully saturated rings. The van der Waals surface area contributed by atoms with Crippen molar-refractivity contribution in [1.29, 1.82) is 0 Å². The fourth-order valence-electron chi connectivity index (χ4n) is 4.14. The van der Waals surface area contributed by atoms with Crippen LogP contribution >= 0.6 is 23.2 Å². The maximum atomic E-state index is 12.8. The zero-order valence-corrected chi connectivity index (χ0v) is 18.6. The summed E-state index contributed by atoms with van der Waals surface area (Å²) in [5.41, 5.74) is 0.305. The van der Waals surface area contributed by atoms with Crippen LogP contribution in [-0.2, 0) is 0 Å². The number of benzene rings is 2. The highest BCUT2D eigenvalue weighted by molar-refractivity contribution is 6.35. The van der Waals surface area contributed by atoms with Crippen molar-refractivity contribution in [2.75, 3.05) is 20.1 Å². The number of hydrogen-bond acceptors (Lipinski definition) is 6. The van der Waals surface area contributed by atoms with Gasteiger partial charge < -0.3 is 29.6 Å². The van der Waals surface area contributed by atoms with Crippen LogP contribution in [0.3, 0.4) is 0 Å². The highest BCUT2D eigenvalue weighted by atomic mass is 35.5. The van der Waals surface area contributed by atoms with Gasteiger partial charge in [-0.05, 0) is 29.8 Å². The lowest BCUT2D eigenvalue weighted by molar-refractivity contribution is -0.870. The molecule has 1 aromatic heterocycles. The highest BCUT2D eigenvalue weighted by Crippen LogP contribution is 2.42. The van der Waals surface area contributed by atoms with Crippen LogP contribution < -0.4 is 5.43 Å². The third kappa shape index (κ3) is 4.35. The van der Waals surface area contributed by atoms with E-state index in [9.17, 15) is 25.3 Å². The minimum Gasteiger partial charge on any atom is -0.633 e. The molecule has 0 amide bonds. The van der Waals surface area contributed by atoms with E-state index in [-0.39, 0.29) is 47.6 Å². The Kier molecular flexibility index (Phi) is 5.96. The maximum absolute atomic E-state index is 12.8. The molecule has 2 heterocycles. The average Bonchev–Trinajstić information content (AvgIpc) is 2.67. The summed E-state index contributed by atoms with van der Waals surface area (Å²) in [6.45, 7) is 0.161. The van der Waals surface area contributed by atoms with Gasteiger partial charge in [0.2, 0.25) is 0 Å². The first kappa shape index (κ1) is 22.6. The van der Waals surface area contributed by atoms with Gasteiger partial charge in [-0.2, -0.15) is 0 Å². The zero-order chi connectivity index (χ0) is 23.2. The van der Waals surface area contributed by atoms with Crippen LogP contribution in [0.2, 0.25) is 10.0 Å². The molecule has 4 rings (SSSR count). The minimum absolute atomic E-state index is 0.0251. The van der Waals surface area contributed by atoms with E-state index in [2.05, 4.69) is 0 Å². The fraction of sp³-hybridized carbons (Fsp3) is 0.261. The maximum Gasteiger partial charge on any atom is 0.197 e. The second kappa shape index (κ2) is 8.42.